The number of hydrogen-bond donors (Lipinski definition) is 2. The molecule has 10 nitrogen and oxygen atoms in total. The van der Waals surface area contributed by atoms with E-state index >= 15 is 0 Å². The number of ether oxygens (including phenoxy) is 2. The van der Waals surface area contributed by atoms with E-state index in [1.54, 1.807) is 6.07 Å². The number of nitrogens with zero attached hydrogens (tertiary/aromatic N) is 3. The molecule has 0 atom stereocenters. The smallest absolute Gasteiger partial charge is 0.334 e. The summed E-state index contributed by atoms with van der Waals surface area (Å²) in [6.45, 7) is 1.96. The van der Waals surface area contributed by atoms with Gasteiger partial charge >= 0.3 is 12.0 Å². The Hall–Kier alpha value is -3.24. The number of urea groups is 1. The number of H-pyrrole nitrogens is 1. The van der Waals surface area contributed by atoms with Gasteiger partial charge in [-0.1, -0.05) is 12.1 Å². The number of anilines is 1. The van der Waals surface area contributed by atoms with Gasteiger partial charge in [0.15, 0.2) is 5.78 Å². The lowest BCUT2D eigenvalue weighted by atomic mass is 9.79. The van der Waals surface area contributed by atoms with Crippen molar-refractivity contribution in [3.8, 4) is 11.3 Å². The summed E-state index contributed by atoms with van der Waals surface area (Å²) < 4.78 is 10.3. The normalized spacial score (nSPS) is 22.5. The molecule has 3 N–H and O–H groups in total. The van der Waals surface area contributed by atoms with Gasteiger partial charge < -0.3 is 15.2 Å². The number of fused-ring (bicyclic) bond motifs is 3. The molecule has 10 heteroatoms. The van der Waals surface area contributed by atoms with Gasteiger partial charge in [-0.3, -0.25) is 14.7 Å². The number of primary amides is 1. The minimum atomic E-state index is -0.648. The molecule has 1 saturated heterocycles. The Morgan fingerprint density at radius 2 is 1.91 bits per heavy atom. The predicted molar refractivity (Wildman–Crippen MR) is 119 cm³/mol. The second-order valence-corrected chi connectivity index (χ2v) is 8.68. The number of methoxy groups -OCH3 is 1. The summed E-state index contributed by atoms with van der Waals surface area (Å²) in [4.78, 5) is 38.0. The highest BCUT2D eigenvalue weighted by Gasteiger charge is 2.40. The van der Waals surface area contributed by atoms with Crippen molar-refractivity contribution in [2.24, 2.45) is 11.7 Å². The Bertz CT molecular complexity index is 1100. The molecule has 2 amide bonds. The van der Waals surface area contributed by atoms with Crippen LogP contribution in [0.2, 0.25) is 0 Å². The molecule has 1 saturated carbocycles. The zero-order valence-electron chi connectivity index (χ0n) is 18.5. The fraction of sp³-hybridized carbons (Fsp3) is 0.478. The molecule has 2 aromatic rings. The quantitative estimate of drug-likeness (QED) is 0.579. The van der Waals surface area contributed by atoms with Crippen molar-refractivity contribution in [2.75, 3.05) is 38.4 Å². The van der Waals surface area contributed by atoms with E-state index in [1.807, 2.05) is 17.1 Å². The summed E-state index contributed by atoms with van der Waals surface area (Å²) in [5.41, 5.74) is 9.32. The van der Waals surface area contributed by atoms with E-state index in [1.165, 1.54) is 12.1 Å². The standard InChI is InChI=1S/C23H27N5O5/c1-32-22(30)14-7-5-13(6-8-14)19-18-20(26-25-19)15-3-2-4-16(17(15)21(18)29)28(23(24)31)27-9-11-33-12-10-27/h2-4,13-14H,5-12H2,1H3,(H2,24,31)(H,25,26)/t13-,14-. The Morgan fingerprint density at radius 3 is 2.58 bits per heavy atom. The van der Waals surface area contributed by atoms with Gasteiger partial charge in [0.2, 0.25) is 0 Å². The maximum absolute atomic E-state index is 13.7. The fourth-order valence-electron chi connectivity index (χ4n) is 5.30. The molecule has 0 unspecified atom stereocenters. The summed E-state index contributed by atoms with van der Waals surface area (Å²) in [5, 5.41) is 10.8. The zero-order chi connectivity index (χ0) is 23.1. The molecule has 2 fully saturated rings. The van der Waals surface area contributed by atoms with Crippen LogP contribution in [0, 0.1) is 5.92 Å². The van der Waals surface area contributed by atoms with E-state index in [4.69, 9.17) is 15.2 Å². The lowest BCUT2D eigenvalue weighted by Gasteiger charge is -2.36. The van der Waals surface area contributed by atoms with E-state index in [-0.39, 0.29) is 23.6 Å². The predicted octanol–water partition coefficient (Wildman–Crippen LogP) is 2.20. The number of benzene rings is 1. The summed E-state index contributed by atoms with van der Waals surface area (Å²) in [7, 11) is 1.41. The van der Waals surface area contributed by atoms with E-state index in [0.717, 1.165) is 18.5 Å². The van der Waals surface area contributed by atoms with Crippen LogP contribution in [0.25, 0.3) is 11.3 Å². The molecule has 33 heavy (non-hydrogen) atoms. The number of hydrogen-bond acceptors (Lipinski definition) is 7. The lowest BCUT2D eigenvalue weighted by Crippen LogP contribution is -2.54. The number of esters is 1. The summed E-state index contributed by atoms with van der Waals surface area (Å²) in [5.74, 6) is -0.324. The number of aromatic nitrogens is 2. The number of amides is 2. The van der Waals surface area contributed by atoms with Crippen molar-refractivity contribution in [2.45, 2.75) is 31.6 Å². The number of nitrogens with one attached hydrogen (secondary N) is 1. The van der Waals surface area contributed by atoms with Crippen molar-refractivity contribution < 1.29 is 23.9 Å². The lowest BCUT2D eigenvalue weighted by molar-refractivity contribution is -0.146. The highest BCUT2D eigenvalue weighted by molar-refractivity contribution is 6.25. The number of aromatic amines is 1. The van der Waals surface area contributed by atoms with Crippen LogP contribution in [0.4, 0.5) is 10.5 Å². The molecule has 5 rings (SSSR count). The van der Waals surface area contributed by atoms with Crippen LogP contribution in [-0.2, 0) is 14.3 Å². The van der Waals surface area contributed by atoms with E-state index in [9.17, 15) is 14.4 Å². The Kier molecular flexibility index (Phi) is 5.63. The molecule has 1 aromatic carbocycles. The van der Waals surface area contributed by atoms with Gasteiger partial charge in [-0.15, -0.1) is 0 Å². The molecule has 0 bridgehead atoms. The average molecular weight is 453 g/mol. The van der Waals surface area contributed by atoms with Crippen molar-refractivity contribution >= 4 is 23.5 Å². The number of hydrazine groups is 1. The minimum absolute atomic E-state index is 0.0978. The first-order valence-electron chi connectivity index (χ1n) is 11.3. The maximum Gasteiger partial charge on any atom is 0.334 e. The molecule has 0 spiro atoms. The number of nitrogens with two attached hydrogens (primary N) is 1. The van der Waals surface area contributed by atoms with Gasteiger partial charge in [-0.25, -0.2) is 14.8 Å². The number of rotatable bonds is 4. The van der Waals surface area contributed by atoms with Crippen LogP contribution in [0.15, 0.2) is 18.2 Å². The second-order valence-electron chi connectivity index (χ2n) is 8.68. The van der Waals surface area contributed by atoms with Crippen molar-refractivity contribution in [3.63, 3.8) is 0 Å². The summed E-state index contributed by atoms with van der Waals surface area (Å²) >= 11 is 0. The van der Waals surface area contributed by atoms with Crippen LogP contribution in [0.3, 0.4) is 0 Å². The topological polar surface area (TPSA) is 131 Å². The van der Waals surface area contributed by atoms with Crippen molar-refractivity contribution in [3.05, 3.63) is 35.0 Å². The van der Waals surface area contributed by atoms with E-state index in [0.29, 0.717) is 67.2 Å². The van der Waals surface area contributed by atoms with Crippen LogP contribution < -0.4 is 10.7 Å². The molecule has 1 aliphatic heterocycles. The first-order chi connectivity index (χ1) is 16.0. The van der Waals surface area contributed by atoms with Gasteiger partial charge in [0.25, 0.3) is 0 Å². The van der Waals surface area contributed by atoms with Crippen molar-refractivity contribution in [1.29, 1.82) is 0 Å². The van der Waals surface area contributed by atoms with Gasteiger partial charge in [0.1, 0.15) is 5.69 Å². The Balaban J connectivity index is 1.47. The number of morpholine rings is 1. The maximum atomic E-state index is 13.7. The van der Waals surface area contributed by atoms with Gasteiger partial charge in [-0.05, 0) is 31.7 Å². The van der Waals surface area contributed by atoms with Gasteiger partial charge in [0, 0.05) is 24.6 Å². The molecule has 174 valence electrons. The molecule has 3 aliphatic rings. The second kappa shape index (κ2) is 8.60. The minimum Gasteiger partial charge on any atom is -0.469 e. The number of ketones is 1. The third-order valence-electron chi connectivity index (χ3n) is 6.92. The Morgan fingerprint density at radius 1 is 1.18 bits per heavy atom. The molecule has 0 radical (unpaired) electrons. The first-order valence-corrected chi connectivity index (χ1v) is 11.3. The third-order valence-corrected chi connectivity index (χ3v) is 6.92. The highest BCUT2D eigenvalue weighted by Crippen LogP contribution is 2.46. The van der Waals surface area contributed by atoms with Gasteiger partial charge in [-0.2, -0.15) is 5.10 Å². The third kappa shape index (κ3) is 3.59. The monoisotopic (exact) mass is 453 g/mol. The number of carbonyl (C=O) groups excluding carboxylic acids is 3. The van der Waals surface area contributed by atoms with Crippen LogP contribution in [0.1, 0.15) is 53.2 Å². The van der Waals surface area contributed by atoms with Crippen LogP contribution in [0.5, 0.6) is 0 Å². The van der Waals surface area contributed by atoms with Gasteiger partial charge in [0.05, 0.1) is 48.7 Å². The molecular weight excluding hydrogens is 426 g/mol. The highest BCUT2D eigenvalue weighted by atomic mass is 16.5. The Labute approximate surface area is 191 Å². The van der Waals surface area contributed by atoms with Crippen LogP contribution in [-0.4, -0.2) is 66.4 Å². The molecule has 2 heterocycles. The molecule has 2 aliphatic carbocycles. The SMILES string of the molecule is COC(=O)[C@H]1CC[C@H](c2[nH]nc3c2C(=O)c2c-3cccc2N(C(N)=O)N2CCOCC2)CC1. The van der Waals surface area contributed by atoms with E-state index in [2.05, 4.69) is 10.2 Å². The summed E-state index contributed by atoms with van der Waals surface area (Å²) in [6, 6.07) is 4.75. The summed E-state index contributed by atoms with van der Waals surface area (Å²) in [6.07, 6.45) is 2.96. The fourth-order valence-corrected chi connectivity index (χ4v) is 5.30. The largest absolute Gasteiger partial charge is 0.469 e. The van der Waals surface area contributed by atoms with Crippen molar-refractivity contribution in [1.82, 2.24) is 15.2 Å². The average Bonchev–Trinajstić information content (AvgIpc) is 3.39. The van der Waals surface area contributed by atoms with Crippen LogP contribution >= 0.6 is 0 Å². The zero-order valence-corrected chi connectivity index (χ0v) is 18.5. The first kappa shape index (κ1) is 21.6. The molecule has 1 aromatic heterocycles. The number of carbonyl (C=O) groups is 3. The van der Waals surface area contributed by atoms with E-state index < -0.39 is 6.03 Å². The molecular formula is C23H27N5O5.